The van der Waals surface area contributed by atoms with Crippen LogP contribution >= 0.6 is 0 Å². The van der Waals surface area contributed by atoms with Gasteiger partial charge in [0.05, 0.1) is 0 Å². The molecule has 0 aliphatic carbocycles. The third-order valence-corrected chi connectivity index (χ3v) is 2.02. The average molecular weight is 197 g/mol. The minimum absolute atomic E-state index is 0.281. The maximum atomic E-state index is 9.26. The number of rotatable bonds is 2. The van der Waals surface area contributed by atoms with Gasteiger partial charge in [0.25, 0.3) is 0 Å². The Labute approximate surface area is 88.5 Å². The molecule has 15 heavy (non-hydrogen) atoms. The summed E-state index contributed by atoms with van der Waals surface area (Å²) in [4.78, 5) is 4.01. The standard InChI is InChI=1S/C13H11NO/c15-13-5-1-3-11(9-13)6-7-12-4-2-8-14-10-12/h1-10,15H. The van der Waals surface area contributed by atoms with Crippen molar-refractivity contribution in [1.82, 2.24) is 4.98 Å². The molecule has 0 radical (unpaired) electrons. The van der Waals surface area contributed by atoms with Crippen LogP contribution in [0.2, 0.25) is 0 Å². The molecule has 1 aromatic carbocycles. The van der Waals surface area contributed by atoms with Crippen LogP contribution in [0, 0.1) is 0 Å². The molecular formula is C13H11NO. The zero-order chi connectivity index (χ0) is 10.5. The highest BCUT2D eigenvalue weighted by molar-refractivity contribution is 5.69. The third kappa shape index (κ3) is 2.68. The third-order valence-electron chi connectivity index (χ3n) is 2.02. The molecule has 2 nitrogen and oxygen atoms in total. The Morgan fingerprint density at radius 2 is 1.80 bits per heavy atom. The number of aromatic hydroxyl groups is 1. The van der Waals surface area contributed by atoms with Crippen LogP contribution in [0.4, 0.5) is 0 Å². The summed E-state index contributed by atoms with van der Waals surface area (Å²) in [6.45, 7) is 0. The lowest BCUT2D eigenvalue weighted by atomic mass is 10.1. The second-order valence-electron chi connectivity index (χ2n) is 3.21. The molecular weight excluding hydrogens is 186 g/mol. The van der Waals surface area contributed by atoms with Crippen LogP contribution in [0.1, 0.15) is 11.1 Å². The SMILES string of the molecule is Oc1cccc(C=Cc2cccnc2)c1. The van der Waals surface area contributed by atoms with Crippen molar-refractivity contribution < 1.29 is 5.11 Å². The maximum absolute atomic E-state index is 9.26. The van der Waals surface area contributed by atoms with Crippen LogP contribution in [0.5, 0.6) is 5.75 Å². The Morgan fingerprint density at radius 1 is 1.00 bits per heavy atom. The van der Waals surface area contributed by atoms with Crippen molar-refractivity contribution in [2.75, 3.05) is 0 Å². The summed E-state index contributed by atoms with van der Waals surface area (Å²) in [5, 5.41) is 9.26. The summed E-state index contributed by atoms with van der Waals surface area (Å²) >= 11 is 0. The van der Waals surface area contributed by atoms with Crippen molar-refractivity contribution in [3.63, 3.8) is 0 Å². The van der Waals surface area contributed by atoms with Gasteiger partial charge in [0, 0.05) is 12.4 Å². The van der Waals surface area contributed by atoms with Crippen molar-refractivity contribution in [3.05, 3.63) is 59.9 Å². The topological polar surface area (TPSA) is 33.1 Å². The van der Waals surface area contributed by atoms with Gasteiger partial charge in [-0.3, -0.25) is 4.98 Å². The zero-order valence-corrected chi connectivity index (χ0v) is 8.17. The summed E-state index contributed by atoms with van der Waals surface area (Å²) < 4.78 is 0. The Morgan fingerprint density at radius 3 is 2.53 bits per heavy atom. The molecule has 0 unspecified atom stereocenters. The van der Waals surface area contributed by atoms with Gasteiger partial charge in [-0.05, 0) is 29.3 Å². The van der Waals surface area contributed by atoms with Crippen molar-refractivity contribution in [1.29, 1.82) is 0 Å². The van der Waals surface area contributed by atoms with Crippen LogP contribution in [-0.2, 0) is 0 Å². The second kappa shape index (κ2) is 4.42. The fraction of sp³-hybridized carbons (Fsp3) is 0. The molecule has 0 saturated heterocycles. The monoisotopic (exact) mass is 197 g/mol. The molecule has 1 N–H and O–H groups in total. The zero-order valence-electron chi connectivity index (χ0n) is 8.17. The van der Waals surface area contributed by atoms with Crippen LogP contribution in [0.3, 0.4) is 0 Å². The number of hydrogen-bond acceptors (Lipinski definition) is 2. The van der Waals surface area contributed by atoms with E-state index in [1.807, 2.05) is 36.4 Å². The molecule has 1 aromatic heterocycles. The van der Waals surface area contributed by atoms with E-state index in [9.17, 15) is 5.11 Å². The fourth-order valence-electron chi connectivity index (χ4n) is 1.30. The molecule has 0 aliphatic rings. The summed E-state index contributed by atoms with van der Waals surface area (Å²) in [5.74, 6) is 0.281. The Balaban J connectivity index is 2.19. The predicted octanol–water partition coefficient (Wildman–Crippen LogP) is 2.96. The first kappa shape index (κ1) is 9.46. The normalized spacial score (nSPS) is 10.7. The molecule has 0 aliphatic heterocycles. The summed E-state index contributed by atoms with van der Waals surface area (Å²) in [5.41, 5.74) is 2.01. The van der Waals surface area contributed by atoms with E-state index in [2.05, 4.69) is 4.98 Å². The van der Waals surface area contributed by atoms with Crippen molar-refractivity contribution in [2.45, 2.75) is 0 Å². The smallest absolute Gasteiger partial charge is 0.116 e. The average Bonchev–Trinajstić information content (AvgIpc) is 2.28. The summed E-state index contributed by atoms with van der Waals surface area (Å²) in [6.07, 6.45) is 7.43. The highest BCUT2D eigenvalue weighted by Gasteiger charge is 1.89. The van der Waals surface area contributed by atoms with Gasteiger partial charge < -0.3 is 5.11 Å². The Bertz CT molecular complexity index is 463. The van der Waals surface area contributed by atoms with E-state index in [-0.39, 0.29) is 5.75 Å². The first-order chi connectivity index (χ1) is 7.34. The fourth-order valence-corrected chi connectivity index (χ4v) is 1.30. The van der Waals surface area contributed by atoms with E-state index >= 15 is 0 Å². The molecule has 74 valence electrons. The lowest BCUT2D eigenvalue weighted by Gasteiger charge is -1.95. The van der Waals surface area contributed by atoms with E-state index in [0.29, 0.717) is 0 Å². The van der Waals surface area contributed by atoms with Gasteiger partial charge in [0.2, 0.25) is 0 Å². The molecule has 0 spiro atoms. The molecule has 0 amide bonds. The van der Waals surface area contributed by atoms with Gasteiger partial charge in [-0.2, -0.15) is 0 Å². The summed E-state index contributed by atoms with van der Waals surface area (Å²) in [6, 6.07) is 11.0. The van der Waals surface area contributed by atoms with E-state index < -0.39 is 0 Å². The lowest BCUT2D eigenvalue weighted by molar-refractivity contribution is 0.475. The molecule has 2 aromatic rings. The van der Waals surface area contributed by atoms with Gasteiger partial charge in [0.15, 0.2) is 0 Å². The lowest BCUT2D eigenvalue weighted by Crippen LogP contribution is -1.74. The van der Waals surface area contributed by atoms with E-state index in [0.717, 1.165) is 11.1 Å². The quantitative estimate of drug-likeness (QED) is 0.802. The number of pyridine rings is 1. The Hall–Kier alpha value is -2.09. The molecule has 1 heterocycles. The van der Waals surface area contributed by atoms with Crippen molar-refractivity contribution >= 4 is 12.2 Å². The highest BCUT2D eigenvalue weighted by atomic mass is 16.3. The number of benzene rings is 1. The minimum Gasteiger partial charge on any atom is -0.508 e. The van der Waals surface area contributed by atoms with Crippen LogP contribution < -0.4 is 0 Å². The number of phenolic OH excluding ortho intramolecular Hbond substituents is 1. The number of nitrogens with zero attached hydrogens (tertiary/aromatic N) is 1. The largest absolute Gasteiger partial charge is 0.508 e. The molecule has 0 fully saturated rings. The minimum atomic E-state index is 0.281. The van der Waals surface area contributed by atoms with Crippen LogP contribution in [-0.4, -0.2) is 10.1 Å². The molecule has 0 atom stereocenters. The molecule has 2 rings (SSSR count). The van der Waals surface area contributed by atoms with Gasteiger partial charge in [-0.1, -0.05) is 30.4 Å². The number of hydrogen-bond donors (Lipinski definition) is 1. The number of aromatic nitrogens is 1. The van der Waals surface area contributed by atoms with Crippen molar-refractivity contribution in [2.24, 2.45) is 0 Å². The van der Waals surface area contributed by atoms with Gasteiger partial charge in [0.1, 0.15) is 5.75 Å². The predicted molar refractivity (Wildman–Crippen MR) is 61.3 cm³/mol. The summed E-state index contributed by atoms with van der Waals surface area (Å²) in [7, 11) is 0. The first-order valence-corrected chi connectivity index (χ1v) is 4.72. The van der Waals surface area contributed by atoms with E-state index in [4.69, 9.17) is 0 Å². The van der Waals surface area contributed by atoms with Gasteiger partial charge in [-0.15, -0.1) is 0 Å². The maximum Gasteiger partial charge on any atom is 0.116 e. The van der Waals surface area contributed by atoms with Crippen LogP contribution in [0.15, 0.2) is 48.8 Å². The molecule has 0 saturated carbocycles. The Kier molecular flexibility index (Phi) is 2.79. The van der Waals surface area contributed by atoms with E-state index in [1.54, 1.807) is 24.5 Å². The number of phenols is 1. The van der Waals surface area contributed by atoms with Crippen molar-refractivity contribution in [3.8, 4) is 5.75 Å². The first-order valence-electron chi connectivity index (χ1n) is 4.72. The molecule has 0 bridgehead atoms. The van der Waals surface area contributed by atoms with Crippen LogP contribution in [0.25, 0.3) is 12.2 Å². The molecule has 2 heteroatoms. The van der Waals surface area contributed by atoms with E-state index in [1.165, 1.54) is 0 Å². The van der Waals surface area contributed by atoms with Gasteiger partial charge in [-0.25, -0.2) is 0 Å². The highest BCUT2D eigenvalue weighted by Crippen LogP contribution is 2.13. The van der Waals surface area contributed by atoms with Gasteiger partial charge >= 0.3 is 0 Å². The second-order valence-corrected chi connectivity index (χ2v) is 3.21.